The molecule has 0 spiro atoms. The normalized spacial score (nSPS) is 16.4. The van der Waals surface area contributed by atoms with Gasteiger partial charge in [0.25, 0.3) is 0 Å². The Kier molecular flexibility index (Phi) is 15.8. The van der Waals surface area contributed by atoms with Crippen molar-refractivity contribution in [1.29, 1.82) is 0 Å². The first-order valence-electron chi connectivity index (χ1n) is 10.1. The zero-order valence-electron chi connectivity index (χ0n) is 18.2. The Morgan fingerprint density at radius 2 is 1.86 bits per heavy atom. The van der Waals surface area contributed by atoms with Crippen molar-refractivity contribution in [3.05, 3.63) is 0 Å². The maximum absolute atomic E-state index is 11.8. The highest BCUT2D eigenvalue weighted by Crippen LogP contribution is 2.09. The lowest BCUT2D eigenvalue weighted by molar-refractivity contribution is -0.127. The van der Waals surface area contributed by atoms with Gasteiger partial charge in [-0.05, 0) is 19.3 Å². The molecule has 166 valence electrons. The molecule has 1 aliphatic heterocycles. The number of rotatable bonds is 11. The van der Waals surface area contributed by atoms with E-state index in [1.54, 1.807) is 19.0 Å². The molecule has 28 heavy (non-hydrogen) atoms. The molecule has 1 saturated heterocycles. The van der Waals surface area contributed by atoms with Crippen molar-refractivity contribution in [2.45, 2.75) is 33.3 Å². The van der Waals surface area contributed by atoms with E-state index in [0.717, 1.165) is 59.0 Å². The summed E-state index contributed by atoms with van der Waals surface area (Å²) in [6.07, 6.45) is 1.12. The van der Waals surface area contributed by atoms with E-state index < -0.39 is 0 Å². The number of nitrogens with one attached hydrogen (secondary N) is 2. The number of hydrogen-bond acceptors (Lipinski definition) is 5. The number of nitrogens with zero attached hydrogens (tertiary/aromatic N) is 3. The molecule has 0 bridgehead atoms. The van der Waals surface area contributed by atoms with Crippen LogP contribution < -0.4 is 10.6 Å². The Balaban J connectivity index is 0.00000729. The molecule has 0 radical (unpaired) electrons. The minimum atomic E-state index is -0.0151. The van der Waals surface area contributed by atoms with Crippen molar-refractivity contribution in [3.8, 4) is 0 Å². The molecule has 0 aromatic carbocycles. The lowest BCUT2D eigenvalue weighted by atomic mass is 10.0. The molecule has 1 rings (SSSR count). The van der Waals surface area contributed by atoms with Gasteiger partial charge >= 0.3 is 0 Å². The summed E-state index contributed by atoms with van der Waals surface area (Å²) in [5.41, 5.74) is 0. The topological polar surface area (TPSA) is 78.4 Å². The van der Waals surface area contributed by atoms with Gasteiger partial charge in [0.2, 0.25) is 5.91 Å². The molecule has 0 aromatic rings. The molecule has 1 fully saturated rings. The second-order valence-electron chi connectivity index (χ2n) is 7.29. The van der Waals surface area contributed by atoms with Crippen molar-refractivity contribution in [3.63, 3.8) is 0 Å². The number of halogens is 1. The van der Waals surface area contributed by atoms with Gasteiger partial charge in [-0.2, -0.15) is 0 Å². The zero-order valence-corrected chi connectivity index (χ0v) is 20.5. The Hall–Kier alpha value is -0.650. The van der Waals surface area contributed by atoms with Gasteiger partial charge in [-0.25, -0.2) is 4.99 Å². The van der Waals surface area contributed by atoms with Crippen LogP contribution in [0.15, 0.2) is 4.99 Å². The fourth-order valence-electron chi connectivity index (χ4n) is 2.78. The van der Waals surface area contributed by atoms with Crippen LogP contribution in [0.3, 0.4) is 0 Å². The van der Waals surface area contributed by atoms with Crippen LogP contribution in [-0.2, 0) is 14.3 Å². The van der Waals surface area contributed by atoms with Crippen LogP contribution in [0.2, 0.25) is 0 Å². The van der Waals surface area contributed by atoms with E-state index in [0.29, 0.717) is 11.9 Å². The van der Waals surface area contributed by atoms with Gasteiger partial charge < -0.3 is 25.0 Å². The molecule has 2 N–H and O–H groups in total. The van der Waals surface area contributed by atoms with E-state index in [9.17, 15) is 4.79 Å². The number of likely N-dealkylation sites (N-methyl/N-ethyl adjacent to an activating group) is 1. The quantitative estimate of drug-likeness (QED) is 0.244. The van der Waals surface area contributed by atoms with Crippen LogP contribution in [0.4, 0.5) is 0 Å². The highest BCUT2D eigenvalue weighted by Gasteiger charge is 2.14. The summed E-state index contributed by atoms with van der Waals surface area (Å²) in [5, 5.41) is 6.68. The van der Waals surface area contributed by atoms with E-state index in [-0.39, 0.29) is 42.5 Å². The van der Waals surface area contributed by atoms with Gasteiger partial charge in [0.05, 0.1) is 19.3 Å². The Labute approximate surface area is 187 Å². The number of amides is 1. The van der Waals surface area contributed by atoms with Gasteiger partial charge in [0.15, 0.2) is 5.96 Å². The second-order valence-corrected chi connectivity index (χ2v) is 7.29. The number of carbonyl (C=O) groups is 1. The van der Waals surface area contributed by atoms with Crippen molar-refractivity contribution in [2.24, 2.45) is 10.9 Å². The van der Waals surface area contributed by atoms with E-state index in [4.69, 9.17) is 9.47 Å². The summed E-state index contributed by atoms with van der Waals surface area (Å²) >= 11 is 0. The third kappa shape index (κ3) is 12.0. The lowest BCUT2D eigenvalue weighted by Gasteiger charge is -2.27. The summed E-state index contributed by atoms with van der Waals surface area (Å²) in [6.45, 7) is 13.2. The van der Waals surface area contributed by atoms with E-state index in [2.05, 4.69) is 34.4 Å². The molecule has 1 heterocycles. The van der Waals surface area contributed by atoms with Gasteiger partial charge in [0.1, 0.15) is 6.54 Å². The summed E-state index contributed by atoms with van der Waals surface area (Å²) in [5.74, 6) is 1.13. The predicted octanol–water partition coefficient (Wildman–Crippen LogP) is 1.01. The standard InChI is InChI=1S/C19H39N5O3.HI/c1-6-27-17(16(2)3)7-8-20-19(22-15-18(25)23(4)5)21-9-10-24-11-13-26-14-12-24;/h16-17H,6-15H2,1-5H3,(H2,20,21,22);1H. The molecule has 0 saturated carbocycles. The molecule has 1 aliphatic rings. The smallest absolute Gasteiger partial charge is 0.243 e. The first-order chi connectivity index (χ1) is 12.9. The van der Waals surface area contributed by atoms with Crippen LogP contribution in [0.5, 0.6) is 0 Å². The fraction of sp³-hybridized carbons (Fsp3) is 0.895. The third-order valence-corrected chi connectivity index (χ3v) is 4.54. The minimum Gasteiger partial charge on any atom is -0.379 e. The van der Waals surface area contributed by atoms with Crippen molar-refractivity contribution >= 4 is 35.8 Å². The summed E-state index contributed by atoms with van der Waals surface area (Å²) in [7, 11) is 3.48. The Bertz CT molecular complexity index is 443. The number of morpholine rings is 1. The van der Waals surface area contributed by atoms with Gasteiger partial charge in [-0.3, -0.25) is 9.69 Å². The first kappa shape index (κ1) is 27.4. The molecule has 8 nitrogen and oxygen atoms in total. The van der Waals surface area contributed by atoms with Crippen molar-refractivity contribution in [2.75, 3.05) is 73.2 Å². The van der Waals surface area contributed by atoms with Crippen molar-refractivity contribution < 1.29 is 14.3 Å². The van der Waals surface area contributed by atoms with E-state index in [1.165, 1.54) is 0 Å². The van der Waals surface area contributed by atoms with Crippen LogP contribution in [0.1, 0.15) is 27.2 Å². The summed E-state index contributed by atoms with van der Waals surface area (Å²) in [4.78, 5) is 20.2. The van der Waals surface area contributed by atoms with Crippen LogP contribution in [-0.4, -0.2) is 101 Å². The van der Waals surface area contributed by atoms with E-state index >= 15 is 0 Å². The number of carbonyl (C=O) groups excluding carboxylic acids is 1. The average Bonchev–Trinajstić information content (AvgIpc) is 2.65. The van der Waals surface area contributed by atoms with Crippen LogP contribution >= 0.6 is 24.0 Å². The number of aliphatic imine (C=N–C) groups is 1. The molecular weight excluding hydrogens is 473 g/mol. The minimum absolute atomic E-state index is 0. The molecule has 1 amide bonds. The molecule has 0 aromatic heterocycles. The first-order valence-corrected chi connectivity index (χ1v) is 10.1. The van der Waals surface area contributed by atoms with Crippen LogP contribution in [0, 0.1) is 5.92 Å². The average molecular weight is 513 g/mol. The maximum Gasteiger partial charge on any atom is 0.243 e. The molecule has 1 unspecified atom stereocenters. The molecule has 0 aliphatic carbocycles. The lowest BCUT2D eigenvalue weighted by Crippen LogP contribution is -2.45. The van der Waals surface area contributed by atoms with Gasteiger partial charge in [0, 0.05) is 53.4 Å². The molecule has 9 heteroatoms. The Morgan fingerprint density at radius 1 is 1.21 bits per heavy atom. The van der Waals surface area contributed by atoms with Gasteiger partial charge in [-0.1, -0.05) is 13.8 Å². The third-order valence-electron chi connectivity index (χ3n) is 4.54. The SMILES string of the molecule is CCOC(CCNC(=NCC(=O)N(C)C)NCCN1CCOCC1)C(C)C.I. The van der Waals surface area contributed by atoms with Crippen LogP contribution in [0.25, 0.3) is 0 Å². The van der Waals surface area contributed by atoms with E-state index in [1.807, 2.05) is 6.92 Å². The number of guanidine groups is 1. The number of ether oxygens (including phenoxy) is 2. The largest absolute Gasteiger partial charge is 0.379 e. The second kappa shape index (κ2) is 16.2. The zero-order chi connectivity index (χ0) is 20.1. The molecule has 1 atom stereocenters. The highest BCUT2D eigenvalue weighted by atomic mass is 127. The molecular formula is C19H40IN5O3. The summed E-state index contributed by atoms with van der Waals surface area (Å²) < 4.78 is 11.2. The van der Waals surface area contributed by atoms with Gasteiger partial charge in [-0.15, -0.1) is 24.0 Å². The Morgan fingerprint density at radius 3 is 2.43 bits per heavy atom. The predicted molar refractivity (Wildman–Crippen MR) is 125 cm³/mol. The maximum atomic E-state index is 11.8. The monoisotopic (exact) mass is 513 g/mol. The fourth-order valence-corrected chi connectivity index (χ4v) is 2.78. The number of hydrogen-bond donors (Lipinski definition) is 2. The summed E-state index contributed by atoms with van der Waals surface area (Å²) in [6, 6.07) is 0. The van der Waals surface area contributed by atoms with Crippen molar-refractivity contribution in [1.82, 2.24) is 20.4 Å². The highest BCUT2D eigenvalue weighted by molar-refractivity contribution is 14.0.